The molecule has 5 heteroatoms. The first-order chi connectivity index (χ1) is 8.16. The Morgan fingerprint density at radius 2 is 1.88 bits per heavy atom. The lowest BCUT2D eigenvalue weighted by Crippen LogP contribution is -1.97. The van der Waals surface area contributed by atoms with Crippen molar-refractivity contribution in [2.75, 3.05) is 5.73 Å². The topological polar surface area (TPSA) is 72.5 Å². The first-order valence-electron chi connectivity index (χ1n) is 5.43. The third-order valence-corrected chi connectivity index (χ3v) is 2.87. The molecule has 86 valence electrons. The van der Waals surface area contributed by atoms with Gasteiger partial charge in [-0.05, 0) is 26.0 Å². The molecule has 1 aromatic carbocycles. The Bertz CT molecular complexity index is 675. The first kappa shape index (κ1) is 9.89. The lowest BCUT2D eigenvalue weighted by Gasteiger charge is -2.01. The number of nitrogen functional groups attached to an aromatic ring is 1. The van der Waals surface area contributed by atoms with Crippen LogP contribution in [-0.4, -0.2) is 20.0 Å². The van der Waals surface area contributed by atoms with E-state index in [0.717, 1.165) is 22.4 Å². The third-order valence-electron chi connectivity index (χ3n) is 2.87. The van der Waals surface area contributed by atoms with Crippen molar-refractivity contribution in [2.45, 2.75) is 13.8 Å². The summed E-state index contributed by atoms with van der Waals surface area (Å²) in [6.45, 7) is 3.99. The van der Waals surface area contributed by atoms with Crippen LogP contribution in [0.3, 0.4) is 0 Å². The van der Waals surface area contributed by atoms with Gasteiger partial charge in [0.25, 0.3) is 0 Å². The van der Waals surface area contributed by atoms with Gasteiger partial charge in [-0.25, -0.2) is 4.68 Å². The van der Waals surface area contributed by atoms with Crippen molar-refractivity contribution in [2.24, 2.45) is 0 Å². The Morgan fingerprint density at radius 1 is 1.18 bits per heavy atom. The van der Waals surface area contributed by atoms with E-state index in [-0.39, 0.29) is 0 Å². The minimum Gasteiger partial charge on any atom is -0.383 e. The van der Waals surface area contributed by atoms with Crippen LogP contribution in [0.5, 0.6) is 0 Å². The van der Waals surface area contributed by atoms with Gasteiger partial charge >= 0.3 is 0 Å². The highest BCUT2D eigenvalue weighted by Gasteiger charge is 2.14. The van der Waals surface area contributed by atoms with E-state index in [1.165, 1.54) is 5.56 Å². The molecule has 0 unspecified atom stereocenters. The summed E-state index contributed by atoms with van der Waals surface area (Å²) in [6.07, 6.45) is 0. The van der Waals surface area contributed by atoms with E-state index < -0.39 is 0 Å². The first-order valence-corrected chi connectivity index (χ1v) is 5.43. The lowest BCUT2D eigenvalue weighted by molar-refractivity contribution is 0.865. The highest BCUT2D eigenvalue weighted by atomic mass is 15.3. The van der Waals surface area contributed by atoms with Crippen LogP contribution < -0.4 is 5.73 Å². The number of aromatic nitrogens is 4. The predicted molar refractivity (Wildman–Crippen MR) is 67.1 cm³/mol. The number of nitrogens with one attached hydrogen (secondary N) is 1. The normalized spacial score (nSPS) is 11.2. The fourth-order valence-corrected chi connectivity index (χ4v) is 1.97. The van der Waals surface area contributed by atoms with Crippen molar-refractivity contribution in [1.82, 2.24) is 20.0 Å². The molecule has 3 N–H and O–H groups in total. The standard InChI is InChI=1S/C12H13N5/c1-7-3-5-9(6-4-7)17-12-10(8(2)16-17)11(13)14-15-12/h3-6H,1-2H3,(H3,13,14,15). The molecule has 5 nitrogen and oxygen atoms in total. The average molecular weight is 227 g/mol. The summed E-state index contributed by atoms with van der Waals surface area (Å²) in [4.78, 5) is 0. The van der Waals surface area contributed by atoms with Crippen molar-refractivity contribution < 1.29 is 0 Å². The molecule has 2 heterocycles. The molecule has 0 saturated heterocycles. The van der Waals surface area contributed by atoms with Gasteiger partial charge in [-0.1, -0.05) is 17.7 Å². The zero-order valence-electron chi connectivity index (χ0n) is 9.73. The Kier molecular flexibility index (Phi) is 1.95. The SMILES string of the molecule is Cc1ccc(-n2nc(C)c3c(N)[nH]nc32)cc1. The molecular formula is C12H13N5. The molecule has 0 atom stereocenters. The van der Waals surface area contributed by atoms with Crippen LogP contribution in [0.1, 0.15) is 11.3 Å². The van der Waals surface area contributed by atoms with Crippen molar-refractivity contribution in [3.63, 3.8) is 0 Å². The number of rotatable bonds is 1. The van der Waals surface area contributed by atoms with Crippen molar-refractivity contribution in [1.29, 1.82) is 0 Å². The molecule has 0 aliphatic rings. The molecule has 3 aromatic rings. The largest absolute Gasteiger partial charge is 0.383 e. The molecule has 2 aromatic heterocycles. The van der Waals surface area contributed by atoms with E-state index >= 15 is 0 Å². The molecule has 17 heavy (non-hydrogen) atoms. The summed E-state index contributed by atoms with van der Waals surface area (Å²) in [6, 6.07) is 8.14. The minimum atomic E-state index is 0.566. The minimum absolute atomic E-state index is 0.566. The van der Waals surface area contributed by atoms with Gasteiger partial charge in [0.05, 0.1) is 16.8 Å². The van der Waals surface area contributed by atoms with E-state index in [0.29, 0.717) is 5.82 Å². The molecule has 0 aliphatic carbocycles. The summed E-state index contributed by atoms with van der Waals surface area (Å²) in [5.41, 5.74) is 9.67. The van der Waals surface area contributed by atoms with E-state index in [9.17, 15) is 0 Å². The number of aromatic amines is 1. The van der Waals surface area contributed by atoms with E-state index in [1.807, 2.05) is 31.2 Å². The number of aryl methyl sites for hydroxylation is 2. The highest BCUT2D eigenvalue weighted by molar-refractivity contribution is 5.89. The molecule has 0 amide bonds. The second-order valence-corrected chi connectivity index (χ2v) is 4.17. The quantitative estimate of drug-likeness (QED) is 0.667. The third kappa shape index (κ3) is 1.39. The number of H-pyrrole nitrogens is 1. The maximum Gasteiger partial charge on any atom is 0.186 e. The molecule has 0 bridgehead atoms. The van der Waals surface area contributed by atoms with Gasteiger partial charge in [-0.2, -0.15) is 10.2 Å². The number of fused-ring (bicyclic) bond motifs is 1. The molecule has 0 radical (unpaired) electrons. The van der Waals surface area contributed by atoms with Gasteiger partial charge in [0.15, 0.2) is 5.65 Å². The van der Waals surface area contributed by atoms with Crippen molar-refractivity contribution in [3.8, 4) is 5.69 Å². The summed E-state index contributed by atoms with van der Waals surface area (Å²) in [7, 11) is 0. The fourth-order valence-electron chi connectivity index (χ4n) is 1.97. The summed E-state index contributed by atoms with van der Waals surface area (Å²) in [5.74, 6) is 0.566. The van der Waals surface area contributed by atoms with Crippen LogP contribution in [0.4, 0.5) is 5.82 Å². The van der Waals surface area contributed by atoms with Gasteiger partial charge in [0.1, 0.15) is 5.82 Å². The Balaban J connectivity index is 2.27. The Morgan fingerprint density at radius 3 is 2.59 bits per heavy atom. The predicted octanol–water partition coefficient (Wildman–Crippen LogP) is 1.95. The molecule has 0 spiro atoms. The van der Waals surface area contributed by atoms with Gasteiger partial charge in [-0.3, -0.25) is 5.10 Å². The second kappa shape index (κ2) is 3.35. The molecule has 0 saturated carbocycles. The van der Waals surface area contributed by atoms with Gasteiger partial charge < -0.3 is 5.73 Å². The molecule has 3 rings (SSSR count). The molecular weight excluding hydrogens is 214 g/mol. The average Bonchev–Trinajstić information content (AvgIpc) is 2.83. The maximum absolute atomic E-state index is 5.82. The second-order valence-electron chi connectivity index (χ2n) is 4.17. The van der Waals surface area contributed by atoms with Crippen LogP contribution in [0, 0.1) is 13.8 Å². The van der Waals surface area contributed by atoms with E-state index in [2.05, 4.69) is 22.2 Å². The van der Waals surface area contributed by atoms with Crippen LogP contribution in [0.25, 0.3) is 16.7 Å². The maximum atomic E-state index is 5.82. The van der Waals surface area contributed by atoms with Crippen LogP contribution in [0.2, 0.25) is 0 Å². The smallest absolute Gasteiger partial charge is 0.186 e. The van der Waals surface area contributed by atoms with Crippen molar-refractivity contribution >= 4 is 16.9 Å². The summed E-state index contributed by atoms with van der Waals surface area (Å²) >= 11 is 0. The number of nitrogens with two attached hydrogens (primary N) is 1. The number of hydrogen-bond donors (Lipinski definition) is 2. The van der Waals surface area contributed by atoms with Gasteiger partial charge in [-0.15, -0.1) is 0 Å². The van der Waals surface area contributed by atoms with Gasteiger partial charge in [0.2, 0.25) is 0 Å². The number of benzene rings is 1. The zero-order valence-corrected chi connectivity index (χ0v) is 9.73. The monoisotopic (exact) mass is 227 g/mol. The number of nitrogens with zero attached hydrogens (tertiary/aromatic N) is 3. The van der Waals surface area contributed by atoms with Crippen molar-refractivity contribution in [3.05, 3.63) is 35.5 Å². The number of hydrogen-bond acceptors (Lipinski definition) is 3. The van der Waals surface area contributed by atoms with E-state index in [1.54, 1.807) is 4.68 Å². The van der Waals surface area contributed by atoms with Crippen LogP contribution in [0.15, 0.2) is 24.3 Å². The van der Waals surface area contributed by atoms with Gasteiger partial charge in [0, 0.05) is 0 Å². The van der Waals surface area contributed by atoms with E-state index in [4.69, 9.17) is 5.73 Å². The van der Waals surface area contributed by atoms with Crippen LogP contribution in [-0.2, 0) is 0 Å². The Hall–Kier alpha value is -2.30. The number of anilines is 1. The zero-order chi connectivity index (χ0) is 12.0. The fraction of sp³-hybridized carbons (Fsp3) is 0.167. The summed E-state index contributed by atoms with van der Waals surface area (Å²) < 4.78 is 1.80. The highest BCUT2D eigenvalue weighted by Crippen LogP contribution is 2.24. The van der Waals surface area contributed by atoms with Crippen LogP contribution >= 0.6 is 0 Å². The molecule has 0 aliphatic heterocycles. The Labute approximate surface area is 98.2 Å². The lowest BCUT2D eigenvalue weighted by atomic mass is 10.2. The molecule has 0 fully saturated rings. The summed E-state index contributed by atoms with van der Waals surface area (Å²) in [5, 5.41) is 12.3.